The van der Waals surface area contributed by atoms with Gasteiger partial charge in [0, 0.05) is 31.2 Å². The summed E-state index contributed by atoms with van der Waals surface area (Å²) >= 11 is 0. The lowest BCUT2D eigenvalue weighted by molar-refractivity contribution is 0.0747. The van der Waals surface area contributed by atoms with Gasteiger partial charge < -0.3 is 10.2 Å². The number of amides is 1. The highest BCUT2D eigenvalue weighted by Gasteiger charge is 2.33. The summed E-state index contributed by atoms with van der Waals surface area (Å²) in [4.78, 5) is 22.4. The minimum atomic E-state index is -3.04. The Hall–Kier alpha value is -2.48. The number of rotatable bonds is 4. The van der Waals surface area contributed by atoms with E-state index >= 15 is 0 Å². The van der Waals surface area contributed by atoms with Gasteiger partial charge in [-0.05, 0) is 31.9 Å². The molecule has 1 aromatic carbocycles. The molecule has 7 nitrogen and oxygen atoms in total. The van der Waals surface area contributed by atoms with Crippen LogP contribution >= 0.6 is 0 Å². The zero-order valence-corrected chi connectivity index (χ0v) is 15.9. The van der Waals surface area contributed by atoms with Crippen LogP contribution in [-0.4, -0.2) is 53.8 Å². The van der Waals surface area contributed by atoms with Crippen molar-refractivity contribution in [1.29, 1.82) is 0 Å². The van der Waals surface area contributed by atoms with Crippen molar-refractivity contribution in [3.8, 4) is 0 Å². The maximum absolute atomic E-state index is 12.5. The van der Waals surface area contributed by atoms with Crippen LogP contribution in [0.15, 0.2) is 30.6 Å². The van der Waals surface area contributed by atoms with E-state index in [0.717, 1.165) is 11.3 Å². The molecule has 1 unspecified atom stereocenters. The Balaban J connectivity index is 1.70. The van der Waals surface area contributed by atoms with Gasteiger partial charge in [0.2, 0.25) is 5.95 Å². The quantitative estimate of drug-likeness (QED) is 0.881. The van der Waals surface area contributed by atoms with E-state index in [-0.39, 0.29) is 23.5 Å². The lowest BCUT2D eigenvalue weighted by Gasteiger charge is -2.23. The van der Waals surface area contributed by atoms with Crippen molar-refractivity contribution in [2.24, 2.45) is 0 Å². The highest BCUT2D eigenvalue weighted by atomic mass is 32.2. The predicted molar refractivity (Wildman–Crippen MR) is 100 cm³/mol. The summed E-state index contributed by atoms with van der Waals surface area (Å²) < 4.78 is 23.2. The number of benzene rings is 1. The number of carbonyl (C=O) groups excluding carboxylic acids is 1. The fourth-order valence-corrected chi connectivity index (χ4v) is 4.80. The Morgan fingerprint density at radius 3 is 2.50 bits per heavy atom. The summed E-state index contributed by atoms with van der Waals surface area (Å²) in [5, 5.41) is 3.13. The summed E-state index contributed by atoms with van der Waals surface area (Å²) in [6.07, 6.45) is 3.39. The molecule has 2 heterocycles. The van der Waals surface area contributed by atoms with Crippen molar-refractivity contribution in [3.63, 3.8) is 0 Å². The van der Waals surface area contributed by atoms with E-state index in [9.17, 15) is 13.2 Å². The molecule has 3 rings (SSSR count). The zero-order valence-electron chi connectivity index (χ0n) is 15.1. The second-order valence-electron chi connectivity index (χ2n) is 6.71. The second kappa shape index (κ2) is 7.03. The van der Waals surface area contributed by atoms with Crippen LogP contribution in [0.5, 0.6) is 0 Å². The molecule has 1 fully saturated rings. The molecule has 1 aliphatic heterocycles. The van der Waals surface area contributed by atoms with Gasteiger partial charge in [0.1, 0.15) is 0 Å². The van der Waals surface area contributed by atoms with Gasteiger partial charge in [0.05, 0.1) is 17.1 Å². The van der Waals surface area contributed by atoms with Crippen LogP contribution in [0, 0.1) is 13.8 Å². The van der Waals surface area contributed by atoms with Gasteiger partial charge in [-0.3, -0.25) is 4.79 Å². The topological polar surface area (TPSA) is 92.3 Å². The standard InChI is InChI=1S/C18H22N4O3S/c1-12-4-5-16(13(2)8-12)21-18-19-9-14(10-20-18)17(23)22(3)15-6-7-26(24,25)11-15/h4-5,8-10,15H,6-7,11H2,1-3H3,(H,19,20,21). The molecule has 138 valence electrons. The van der Waals surface area contributed by atoms with Gasteiger partial charge >= 0.3 is 0 Å². The number of hydrogen-bond acceptors (Lipinski definition) is 6. The lowest BCUT2D eigenvalue weighted by Crippen LogP contribution is -2.37. The number of anilines is 2. The van der Waals surface area contributed by atoms with Gasteiger partial charge in [-0.2, -0.15) is 0 Å². The average Bonchev–Trinajstić information content (AvgIpc) is 2.97. The number of nitrogens with zero attached hydrogens (tertiary/aromatic N) is 3. The van der Waals surface area contributed by atoms with Crippen molar-refractivity contribution >= 4 is 27.4 Å². The number of sulfone groups is 1. The maximum atomic E-state index is 12.5. The number of nitrogens with one attached hydrogen (secondary N) is 1. The Labute approximate surface area is 153 Å². The molecule has 1 N–H and O–H groups in total. The van der Waals surface area contributed by atoms with Crippen LogP contribution in [-0.2, 0) is 9.84 Å². The number of carbonyl (C=O) groups is 1. The first kappa shape index (κ1) is 18.3. The summed E-state index contributed by atoms with van der Waals surface area (Å²) in [7, 11) is -1.42. The molecule has 1 amide bonds. The van der Waals surface area contributed by atoms with Crippen molar-refractivity contribution < 1.29 is 13.2 Å². The molecular formula is C18H22N4O3S. The van der Waals surface area contributed by atoms with E-state index in [2.05, 4.69) is 21.4 Å². The summed E-state index contributed by atoms with van der Waals surface area (Å²) in [5.41, 5.74) is 3.49. The van der Waals surface area contributed by atoms with E-state index < -0.39 is 9.84 Å². The monoisotopic (exact) mass is 374 g/mol. The maximum Gasteiger partial charge on any atom is 0.257 e. The molecule has 1 aromatic heterocycles. The highest BCUT2D eigenvalue weighted by molar-refractivity contribution is 7.91. The fourth-order valence-electron chi connectivity index (χ4n) is 3.03. The van der Waals surface area contributed by atoms with Gasteiger partial charge in [-0.25, -0.2) is 18.4 Å². The third-order valence-corrected chi connectivity index (χ3v) is 6.35. The molecule has 2 aromatic rings. The van der Waals surface area contributed by atoms with E-state index in [1.807, 2.05) is 26.0 Å². The molecule has 1 atom stereocenters. The fraction of sp³-hybridized carbons (Fsp3) is 0.389. The zero-order chi connectivity index (χ0) is 18.9. The SMILES string of the molecule is Cc1ccc(Nc2ncc(C(=O)N(C)C3CCS(=O)(=O)C3)cn2)c(C)c1. The van der Waals surface area contributed by atoms with Crippen molar-refractivity contribution in [2.75, 3.05) is 23.9 Å². The van der Waals surface area contributed by atoms with E-state index in [1.54, 1.807) is 7.05 Å². The second-order valence-corrected chi connectivity index (χ2v) is 8.94. The van der Waals surface area contributed by atoms with Crippen molar-refractivity contribution in [3.05, 3.63) is 47.3 Å². The van der Waals surface area contributed by atoms with Gasteiger partial charge in [0.25, 0.3) is 5.91 Å². The Kier molecular flexibility index (Phi) is 4.95. The molecule has 0 aliphatic carbocycles. The normalized spacial score (nSPS) is 18.5. The first-order valence-corrected chi connectivity index (χ1v) is 10.2. The molecule has 0 saturated carbocycles. The average molecular weight is 374 g/mol. The van der Waals surface area contributed by atoms with E-state index in [1.165, 1.54) is 22.9 Å². The number of aryl methyl sites for hydroxylation is 2. The molecule has 26 heavy (non-hydrogen) atoms. The van der Waals surface area contributed by atoms with Crippen LogP contribution in [0.25, 0.3) is 0 Å². The molecule has 1 saturated heterocycles. The van der Waals surface area contributed by atoms with Crippen LogP contribution < -0.4 is 5.32 Å². The van der Waals surface area contributed by atoms with Gasteiger partial charge in [-0.15, -0.1) is 0 Å². The largest absolute Gasteiger partial charge is 0.338 e. The molecular weight excluding hydrogens is 352 g/mol. The smallest absolute Gasteiger partial charge is 0.257 e. The Morgan fingerprint density at radius 2 is 1.92 bits per heavy atom. The van der Waals surface area contributed by atoms with Crippen LogP contribution in [0.2, 0.25) is 0 Å². The Bertz CT molecular complexity index is 926. The molecule has 0 bridgehead atoms. The van der Waals surface area contributed by atoms with Gasteiger partial charge in [0.15, 0.2) is 9.84 Å². The summed E-state index contributed by atoms with van der Waals surface area (Å²) in [6.45, 7) is 4.03. The molecule has 8 heteroatoms. The highest BCUT2D eigenvalue weighted by Crippen LogP contribution is 2.20. The lowest BCUT2D eigenvalue weighted by atomic mass is 10.1. The van der Waals surface area contributed by atoms with Crippen LogP contribution in [0.4, 0.5) is 11.6 Å². The first-order chi connectivity index (χ1) is 12.2. The number of aromatic nitrogens is 2. The van der Waals surface area contributed by atoms with E-state index in [4.69, 9.17) is 0 Å². The third kappa shape index (κ3) is 4.01. The summed E-state index contributed by atoms with van der Waals surface area (Å²) in [6, 6.07) is 5.73. The first-order valence-electron chi connectivity index (χ1n) is 8.39. The number of hydrogen-bond donors (Lipinski definition) is 1. The summed E-state index contributed by atoms with van der Waals surface area (Å²) in [5.74, 6) is 0.275. The minimum absolute atomic E-state index is 0.0163. The van der Waals surface area contributed by atoms with Crippen LogP contribution in [0.1, 0.15) is 27.9 Å². The van der Waals surface area contributed by atoms with Crippen LogP contribution in [0.3, 0.4) is 0 Å². The van der Waals surface area contributed by atoms with E-state index in [0.29, 0.717) is 17.9 Å². The predicted octanol–water partition coefficient (Wildman–Crippen LogP) is 2.10. The molecule has 0 radical (unpaired) electrons. The third-order valence-electron chi connectivity index (χ3n) is 4.60. The van der Waals surface area contributed by atoms with Gasteiger partial charge in [-0.1, -0.05) is 17.7 Å². The van der Waals surface area contributed by atoms with Crippen molar-refractivity contribution in [1.82, 2.24) is 14.9 Å². The Morgan fingerprint density at radius 1 is 1.23 bits per heavy atom. The molecule has 0 spiro atoms. The molecule has 1 aliphatic rings. The van der Waals surface area contributed by atoms with Crippen molar-refractivity contribution in [2.45, 2.75) is 26.3 Å². The minimum Gasteiger partial charge on any atom is -0.338 e.